The van der Waals surface area contributed by atoms with Crippen molar-refractivity contribution in [3.63, 3.8) is 0 Å². The van der Waals surface area contributed by atoms with Crippen LogP contribution in [-0.2, 0) is 0 Å². The van der Waals surface area contributed by atoms with Crippen molar-refractivity contribution in [1.82, 2.24) is 4.90 Å². The van der Waals surface area contributed by atoms with Gasteiger partial charge in [-0.15, -0.1) is 0 Å². The van der Waals surface area contributed by atoms with Crippen molar-refractivity contribution >= 4 is 0 Å². The molecule has 2 fully saturated rings. The summed E-state index contributed by atoms with van der Waals surface area (Å²) in [4.78, 5) is 2.64. The van der Waals surface area contributed by atoms with Crippen molar-refractivity contribution < 1.29 is 0 Å². The maximum absolute atomic E-state index is 6.01. The van der Waals surface area contributed by atoms with E-state index < -0.39 is 0 Å². The van der Waals surface area contributed by atoms with Crippen molar-refractivity contribution in [2.45, 2.75) is 51.1 Å². The lowest BCUT2D eigenvalue weighted by atomic mass is 9.97. The Labute approximate surface area is 81.5 Å². The van der Waals surface area contributed by atoms with Gasteiger partial charge in [0.1, 0.15) is 0 Å². The predicted molar refractivity (Wildman–Crippen MR) is 55.6 cm³/mol. The summed E-state index contributed by atoms with van der Waals surface area (Å²) >= 11 is 0. The Kier molecular flexibility index (Phi) is 2.89. The van der Waals surface area contributed by atoms with Crippen molar-refractivity contribution in [3.8, 4) is 0 Å². The van der Waals surface area contributed by atoms with Gasteiger partial charge in [0.05, 0.1) is 0 Å². The molecule has 1 aliphatic carbocycles. The van der Waals surface area contributed by atoms with Crippen LogP contribution >= 0.6 is 0 Å². The van der Waals surface area contributed by atoms with Gasteiger partial charge in [-0.3, -0.25) is 4.90 Å². The maximum atomic E-state index is 6.01. The van der Waals surface area contributed by atoms with Gasteiger partial charge in [0.25, 0.3) is 0 Å². The lowest BCUT2D eigenvalue weighted by molar-refractivity contribution is 0.125. The largest absolute Gasteiger partial charge is 0.327 e. The lowest BCUT2D eigenvalue weighted by Gasteiger charge is -2.38. The van der Waals surface area contributed by atoms with Crippen molar-refractivity contribution in [2.75, 3.05) is 13.1 Å². The molecule has 0 aromatic heterocycles. The van der Waals surface area contributed by atoms with Crippen molar-refractivity contribution in [3.05, 3.63) is 0 Å². The maximum Gasteiger partial charge on any atom is 0.0244 e. The molecule has 2 heteroatoms. The van der Waals surface area contributed by atoms with Crippen LogP contribution in [0.5, 0.6) is 0 Å². The third-order valence-corrected chi connectivity index (χ3v) is 3.46. The van der Waals surface area contributed by atoms with Gasteiger partial charge in [-0.25, -0.2) is 0 Å². The molecule has 2 nitrogen and oxygen atoms in total. The Morgan fingerprint density at radius 3 is 2.69 bits per heavy atom. The first-order chi connectivity index (χ1) is 6.27. The number of hydrogen-bond donors (Lipinski definition) is 1. The highest BCUT2D eigenvalue weighted by Crippen LogP contribution is 2.32. The van der Waals surface area contributed by atoms with Crippen LogP contribution in [0.4, 0.5) is 0 Å². The topological polar surface area (TPSA) is 29.3 Å². The van der Waals surface area contributed by atoms with E-state index in [1.807, 2.05) is 0 Å². The molecule has 2 N–H and O–H groups in total. The minimum atomic E-state index is 0.360. The molecule has 0 radical (unpaired) electrons. The van der Waals surface area contributed by atoms with Gasteiger partial charge in [0.2, 0.25) is 0 Å². The highest BCUT2D eigenvalue weighted by molar-refractivity contribution is 4.87. The highest BCUT2D eigenvalue weighted by atomic mass is 15.2. The zero-order valence-corrected chi connectivity index (χ0v) is 8.71. The second-order valence-corrected chi connectivity index (χ2v) is 4.86. The van der Waals surface area contributed by atoms with Crippen molar-refractivity contribution in [1.29, 1.82) is 0 Å². The first kappa shape index (κ1) is 9.47. The van der Waals surface area contributed by atoms with E-state index in [-0.39, 0.29) is 0 Å². The average molecular weight is 182 g/mol. The molecule has 0 bridgehead atoms. The van der Waals surface area contributed by atoms with Crippen LogP contribution in [0, 0.1) is 5.92 Å². The second-order valence-electron chi connectivity index (χ2n) is 4.86. The van der Waals surface area contributed by atoms with Crippen LogP contribution in [0.15, 0.2) is 0 Å². The van der Waals surface area contributed by atoms with Crippen molar-refractivity contribution in [2.24, 2.45) is 11.7 Å². The monoisotopic (exact) mass is 182 g/mol. The molecule has 0 aromatic carbocycles. The minimum Gasteiger partial charge on any atom is -0.327 e. The number of nitrogens with two attached hydrogens (primary N) is 1. The molecule has 0 aromatic rings. The van der Waals surface area contributed by atoms with Crippen LogP contribution in [0.1, 0.15) is 39.0 Å². The molecule has 2 unspecified atom stereocenters. The van der Waals surface area contributed by atoms with Gasteiger partial charge in [-0.05, 0) is 45.1 Å². The van der Waals surface area contributed by atoms with Gasteiger partial charge < -0.3 is 5.73 Å². The molecule has 1 aliphatic heterocycles. The van der Waals surface area contributed by atoms with E-state index in [1.165, 1.54) is 45.2 Å². The van der Waals surface area contributed by atoms with E-state index in [1.54, 1.807) is 0 Å². The molecule has 0 spiro atoms. The van der Waals surface area contributed by atoms with Gasteiger partial charge in [0.15, 0.2) is 0 Å². The molecule has 1 heterocycles. The van der Waals surface area contributed by atoms with E-state index in [4.69, 9.17) is 5.73 Å². The van der Waals surface area contributed by atoms with Crippen LogP contribution in [0.25, 0.3) is 0 Å². The molecule has 2 atom stereocenters. The fraction of sp³-hybridized carbons (Fsp3) is 1.00. The molecule has 2 aliphatic rings. The Morgan fingerprint density at radius 2 is 2.08 bits per heavy atom. The van der Waals surface area contributed by atoms with Crippen LogP contribution in [0.2, 0.25) is 0 Å². The number of likely N-dealkylation sites (tertiary alicyclic amines) is 1. The molecule has 1 saturated carbocycles. The van der Waals surface area contributed by atoms with E-state index in [0.29, 0.717) is 12.1 Å². The summed E-state index contributed by atoms with van der Waals surface area (Å²) in [7, 11) is 0. The molecule has 2 rings (SSSR count). The van der Waals surface area contributed by atoms with Crippen LogP contribution < -0.4 is 5.73 Å². The fourth-order valence-corrected chi connectivity index (χ4v) is 2.47. The SMILES string of the molecule is CC(N)C1CCCCN1CC1CC1. The lowest BCUT2D eigenvalue weighted by Crippen LogP contribution is -2.49. The Bertz CT molecular complexity index is 163. The second kappa shape index (κ2) is 3.97. The summed E-state index contributed by atoms with van der Waals surface area (Å²) < 4.78 is 0. The number of hydrogen-bond acceptors (Lipinski definition) is 2. The van der Waals surface area contributed by atoms with E-state index >= 15 is 0 Å². The summed E-state index contributed by atoms with van der Waals surface area (Å²) in [6, 6.07) is 1.04. The van der Waals surface area contributed by atoms with E-state index in [9.17, 15) is 0 Å². The zero-order valence-electron chi connectivity index (χ0n) is 8.71. The molecule has 76 valence electrons. The third kappa shape index (κ3) is 2.44. The Morgan fingerprint density at radius 1 is 1.31 bits per heavy atom. The molecular weight excluding hydrogens is 160 g/mol. The highest BCUT2D eigenvalue weighted by Gasteiger charge is 2.30. The average Bonchev–Trinajstić information content (AvgIpc) is 2.89. The van der Waals surface area contributed by atoms with Gasteiger partial charge in [-0.2, -0.15) is 0 Å². The summed E-state index contributed by atoms with van der Waals surface area (Å²) in [5.41, 5.74) is 6.01. The number of nitrogens with zero attached hydrogens (tertiary/aromatic N) is 1. The van der Waals surface area contributed by atoms with E-state index in [2.05, 4.69) is 11.8 Å². The normalized spacial score (nSPS) is 33.2. The zero-order chi connectivity index (χ0) is 9.26. The summed E-state index contributed by atoms with van der Waals surface area (Å²) in [5, 5.41) is 0. The van der Waals surface area contributed by atoms with Gasteiger partial charge in [0, 0.05) is 18.6 Å². The smallest absolute Gasteiger partial charge is 0.0244 e. The number of rotatable bonds is 3. The predicted octanol–water partition coefficient (Wildman–Crippen LogP) is 1.60. The minimum absolute atomic E-state index is 0.360. The molecule has 13 heavy (non-hydrogen) atoms. The van der Waals surface area contributed by atoms with E-state index in [0.717, 1.165) is 5.92 Å². The fourth-order valence-electron chi connectivity index (χ4n) is 2.47. The quantitative estimate of drug-likeness (QED) is 0.718. The summed E-state index contributed by atoms with van der Waals surface area (Å²) in [5.74, 6) is 1.01. The van der Waals surface area contributed by atoms with Gasteiger partial charge in [-0.1, -0.05) is 6.42 Å². The van der Waals surface area contributed by atoms with Crippen LogP contribution in [-0.4, -0.2) is 30.1 Å². The first-order valence-corrected chi connectivity index (χ1v) is 5.77. The third-order valence-electron chi connectivity index (χ3n) is 3.46. The molecular formula is C11H22N2. The summed E-state index contributed by atoms with van der Waals surface area (Å²) in [6.07, 6.45) is 7.01. The molecule has 0 amide bonds. The van der Waals surface area contributed by atoms with Crippen LogP contribution in [0.3, 0.4) is 0 Å². The molecule has 1 saturated heterocycles. The Balaban J connectivity index is 1.87. The standard InChI is InChI=1S/C11H22N2/c1-9(12)11-4-2-3-7-13(11)8-10-5-6-10/h9-11H,2-8,12H2,1H3. The Hall–Kier alpha value is -0.0800. The first-order valence-electron chi connectivity index (χ1n) is 5.77. The number of piperidine rings is 1. The van der Waals surface area contributed by atoms with Gasteiger partial charge >= 0.3 is 0 Å². The summed E-state index contributed by atoms with van der Waals surface area (Å²) in [6.45, 7) is 4.78.